The van der Waals surface area contributed by atoms with Gasteiger partial charge >= 0.3 is 5.97 Å². The number of hydrogen-bond acceptors (Lipinski definition) is 3. The molecule has 0 aromatic heterocycles. The van der Waals surface area contributed by atoms with Gasteiger partial charge in [-0.3, -0.25) is 10.1 Å². The zero-order chi connectivity index (χ0) is 13.2. The van der Waals surface area contributed by atoms with Crippen molar-refractivity contribution in [2.24, 2.45) is 5.41 Å². The van der Waals surface area contributed by atoms with Crippen LogP contribution in [-0.2, 0) is 9.53 Å². The Labute approximate surface area is 111 Å². The van der Waals surface area contributed by atoms with Crippen LogP contribution in [-0.4, -0.2) is 24.7 Å². The summed E-state index contributed by atoms with van der Waals surface area (Å²) in [5.74, 6) is -0.163. The molecule has 0 aromatic carbocycles. The lowest BCUT2D eigenvalue weighted by atomic mass is 9.71. The second-order valence-corrected chi connectivity index (χ2v) is 6.74. The summed E-state index contributed by atoms with van der Waals surface area (Å²) in [7, 11) is 1.46. The first-order valence-corrected chi connectivity index (χ1v) is 7.34. The molecule has 3 heteroatoms. The maximum Gasteiger partial charge on any atom is 0.325 e. The number of ether oxygens (including phenoxy) is 1. The zero-order valence-electron chi connectivity index (χ0n) is 12.1. The molecule has 3 nitrogen and oxygen atoms in total. The van der Waals surface area contributed by atoms with Gasteiger partial charge in [-0.1, -0.05) is 12.8 Å². The van der Waals surface area contributed by atoms with Gasteiger partial charge < -0.3 is 4.74 Å². The summed E-state index contributed by atoms with van der Waals surface area (Å²) in [6.07, 6.45) is 10.8. The van der Waals surface area contributed by atoms with Crippen molar-refractivity contribution in [3.63, 3.8) is 0 Å². The van der Waals surface area contributed by atoms with Crippen LogP contribution in [0.15, 0.2) is 0 Å². The van der Waals surface area contributed by atoms with E-state index >= 15 is 0 Å². The quantitative estimate of drug-likeness (QED) is 0.786. The van der Waals surface area contributed by atoms with Crippen molar-refractivity contribution >= 4 is 5.97 Å². The van der Waals surface area contributed by atoms with Gasteiger partial charge in [-0.25, -0.2) is 0 Å². The van der Waals surface area contributed by atoms with Gasteiger partial charge in [0.2, 0.25) is 0 Å². The SMILES string of the molecule is COC(=O)C(C)(C)NC1CCC2(CCCC2)CC1. The highest BCUT2D eigenvalue weighted by atomic mass is 16.5. The summed E-state index contributed by atoms with van der Waals surface area (Å²) in [4.78, 5) is 11.7. The summed E-state index contributed by atoms with van der Waals surface area (Å²) in [5, 5.41) is 3.48. The Morgan fingerprint density at radius 1 is 1.17 bits per heavy atom. The summed E-state index contributed by atoms with van der Waals surface area (Å²) in [5.41, 5.74) is 0.104. The first-order chi connectivity index (χ1) is 8.47. The Kier molecular flexibility index (Phi) is 4.00. The zero-order valence-corrected chi connectivity index (χ0v) is 12.1. The third-order valence-corrected chi connectivity index (χ3v) is 4.97. The Morgan fingerprint density at radius 3 is 2.22 bits per heavy atom. The number of rotatable bonds is 3. The minimum Gasteiger partial charge on any atom is -0.468 e. The fourth-order valence-electron chi connectivity index (χ4n) is 3.82. The van der Waals surface area contributed by atoms with Crippen molar-refractivity contribution in [3.05, 3.63) is 0 Å². The van der Waals surface area contributed by atoms with Gasteiger partial charge in [0.15, 0.2) is 0 Å². The van der Waals surface area contributed by atoms with Crippen molar-refractivity contribution in [1.82, 2.24) is 5.32 Å². The van der Waals surface area contributed by atoms with Gasteiger partial charge in [0.1, 0.15) is 5.54 Å². The highest BCUT2D eigenvalue weighted by molar-refractivity contribution is 5.79. The smallest absolute Gasteiger partial charge is 0.325 e. The lowest BCUT2D eigenvalue weighted by molar-refractivity contribution is -0.147. The van der Waals surface area contributed by atoms with Crippen molar-refractivity contribution in [3.8, 4) is 0 Å². The molecular weight excluding hydrogens is 226 g/mol. The van der Waals surface area contributed by atoms with E-state index in [9.17, 15) is 4.79 Å². The number of carbonyl (C=O) groups excluding carboxylic acids is 1. The van der Waals surface area contributed by atoms with E-state index in [-0.39, 0.29) is 5.97 Å². The Bertz CT molecular complexity index is 296. The summed E-state index contributed by atoms with van der Waals surface area (Å²) in [6, 6.07) is 0.477. The molecule has 0 amide bonds. The number of carbonyl (C=O) groups is 1. The molecule has 2 aliphatic rings. The van der Waals surface area contributed by atoms with E-state index in [4.69, 9.17) is 4.74 Å². The Hall–Kier alpha value is -0.570. The molecule has 0 unspecified atom stereocenters. The second-order valence-electron chi connectivity index (χ2n) is 6.74. The molecule has 2 aliphatic carbocycles. The largest absolute Gasteiger partial charge is 0.468 e. The monoisotopic (exact) mass is 253 g/mol. The third-order valence-electron chi connectivity index (χ3n) is 4.97. The van der Waals surface area contributed by atoms with Crippen LogP contribution in [0.3, 0.4) is 0 Å². The standard InChI is InChI=1S/C15H27NO2/c1-14(2,13(17)18-3)16-12-6-10-15(11-7-12)8-4-5-9-15/h12,16H,4-11H2,1-3H3. The molecule has 0 saturated heterocycles. The first kappa shape index (κ1) is 13.9. The maximum atomic E-state index is 11.7. The topological polar surface area (TPSA) is 38.3 Å². The predicted octanol–water partition coefficient (Wildman–Crippen LogP) is 3.03. The highest BCUT2D eigenvalue weighted by Gasteiger charge is 2.39. The van der Waals surface area contributed by atoms with Crippen molar-refractivity contribution < 1.29 is 9.53 Å². The summed E-state index contributed by atoms with van der Waals surface area (Å²) < 4.78 is 4.85. The first-order valence-electron chi connectivity index (χ1n) is 7.34. The second kappa shape index (κ2) is 5.20. The molecular formula is C15H27NO2. The fraction of sp³-hybridized carbons (Fsp3) is 0.933. The Balaban J connectivity index is 1.85. The number of nitrogens with one attached hydrogen (secondary N) is 1. The van der Waals surface area contributed by atoms with Crippen LogP contribution in [0.2, 0.25) is 0 Å². The molecule has 0 aliphatic heterocycles. The van der Waals surface area contributed by atoms with E-state index in [1.165, 1.54) is 58.5 Å². The summed E-state index contributed by atoms with van der Waals surface area (Å²) in [6.45, 7) is 3.83. The molecule has 104 valence electrons. The normalized spacial score (nSPS) is 24.4. The van der Waals surface area contributed by atoms with Gasteiger partial charge in [0.05, 0.1) is 7.11 Å². The lowest BCUT2D eigenvalue weighted by Crippen LogP contribution is -2.53. The molecule has 18 heavy (non-hydrogen) atoms. The van der Waals surface area contributed by atoms with E-state index in [0.717, 1.165) is 0 Å². The lowest BCUT2D eigenvalue weighted by Gasteiger charge is -2.40. The van der Waals surface area contributed by atoms with Gasteiger partial charge in [0, 0.05) is 6.04 Å². The molecule has 0 aromatic rings. The van der Waals surface area contributed by atoms with E-state index < -0.39 is 5.54 Å². The van der Waals surface area contributed by atoms with Crippen LogP contribution in [0.1, 0.15) is 65.2 Å². The van der Waals surface area contributed by atoms with Crippen LogP contribution >= 0.6 is 0 Å². The van der Waals surface area contributed by atoms with Crippen LogP contribution in [0.5, 0.6) is 0 Å². The third kappa shape index (κ3) is 2.87. The van der Waals surface area contributed by atoms with Crippen LogP contribution in [0, 0.1) is 5.41 Å². The maximum absolute atomic E-state index is 11.7. The Morgan fingerprint density at radius 2 is 1.72 bits per heavy atom. The average Bonchev–Trinajstić information content (AvgIpc) is 2.80. The molecule has 1 N–H and O–H groups in total. The van der Waals surface area contributed by atoms with E-state index in [1.54, 1.807) is 0 Å². The van der Waals surface area contributed by atoms with E-state index in [0.29, 0.717) is 11.5 Å². The molecule has 2 saturated carbocycles. The number of methoxy groups -OCH3 is 1. The molecule has 0 atom stereocenters. The van der Waals surface area contributed by atoms with E-state index in [2.05, 4.69) is 5.32 Å². The predicted molar refractivity (Wildman–Crippen MR) is 72.4 cm³/mol. The van der Waals surface area contributed by atoms with Gasteiger partial charge in [0.25, 0.3) is 0 Å². The fourth-order valence-corrected chi connectivity index (χ4v) is 3.82. The van der Waals surface area contributed by atoms with Gasteiger partial charge in [-0.15, -0.1) is 0 Å². The summed E-state index contributed by atoms with van der Waals surface area (Å²) >= 11 is 0. The minimum atomic E-state index is -0.556. The van der Waals surface area contributed by atoms with Crippen molar-refractivity contribution in [1.29, 1.82) is 0 Å². The molecule has 2 fully saturated rings. The molecule has 0 heterocycles. The van der Waals surface area contributed by atoms with Crippen LogP contribution < -0.4 is 5.32 Å². The van der Waals surface area contributed by atoms with Gasteiger partial charge in [-0.2, -0.15) is 0 Å². The van der Waals surface area contributed by atoms with Crippen molar-refractivity contribution in [2.45, 2.75) is 76.8 Å². The molecule has 0 radical (unpaired) electrons. The number of esters is 1. The average molecular weight is 253 g/mol. The number of hydrogen-bond donors (Lipinski definition) is 1. The molecule has 1 spiro atoms. The molecule has 2 rings (SSSR count). The van der Waals surface area contributed by atoms with Gasteiger partial charge in [-0.05, 0) is 57.8 Å². The van der Waals surface area contributed by atoms with E-state index in [1.807, 2.05) is 13.8 Å². The minimum absolute atomic E-state index is 0.163. The van der Waals surface area contributed by atoms with Crippen LogP contribution in [0.25, 0.3) is 0 Å². The van der Waals surface area contributed by atoms with Crippen molar-refractivity contribution in [2.75, 3.05) is 7.11 Å². The van der Waals surface area contributed by atoms with Crippen LogP contribution in [0.4, 0.5) is 0 Å². The highest BCUT2D eigenvalue weighted by Crippen LogP contribution is 2.49. The molecule has 0 bridgehead atoms.